The van der Waals surface area contributed by atoms with Gasteiger partial charge in [-0.2, -0.15) is 0 Å². The number of hydrogen-bond acceptors (Lipinski definition) is 1. The molecule has 0 aliphatic carbocycles. The molecule has 1 atom stereocenters. The second-order valence-electron chi connectivity index (χ2n) is 3.37. The molecule has 1 unspecified atom stereocenters. The fourth-order valence-electron chi connectivity index (χ4n) is 1.35. The number of ether oxygens (including phenoxy) is 1. The van der Waals surface area contributed by atoms with Crippen LogP contribution >= 0.6 is 0 Å². The molecule has 0 aliphatic heterocycles. The first-order chi connectivity index (χ1) is 6.26. The second kappa shape index (κ2) is 7.94. The standard InChI is InChI=1S/C12H22O/c1-5-8-9-10-11(4)12(6-2)13-7-3/h11H,2,5,7-10H2,1,3-4H3. The van der Waals surface area contributed by atoms with E-state index in [0.717, 1.165) is 12.4 Å². The summed E-state index contributed by atoms with van der Waals surface area (Å²) in [6, 6.07) is 0. The zero-order valence-electron chi connectivity index (χ0n) is 9.23. The maximum Gasteiger partial charge on any atom is 0.140 e. The van der Waals surface area contributed by atoms with Crippen molar-refractivity contribution in [2.45, 2.75) is 46.5 Å². The quantitative estimate of drug-likeness (QED) is 0.329. The molecule has 0 saturated heterocycles. The summed E-state index contributed by atoms with van der Waals surface area (Å²) in [6.45, 7) is 10.8. The van der Waals surface area contributed by atoms with E-state index in [1.54, 1.807) is 0 Å². The summed E-state index contributed by atoms with van der Waals surface area (Å²) >= 11 is 0. The summed E-state index contributed by atoms with van der Waals surface area (Å²) in [6.07, 6.45) is 5.04. The van der Waals surface area contributed by atoms with Crippen molar-refractivity contribution in [3.8, 4) is 0 Å². The Balaban J connectivity index is 3.78. The lowest BCUT2D eigenvalue weighted by atomic mass is 10.0. The van der Waals surface area contributed by atoms with E-state index in [-0.39, 0.29) is 0 Å². The molecule has 1 heteroatoms. The summed E-state index contributed by atoms with van der Waals surface area (Å²) in [5.74, 6) is 1.41. The average Bonchev–Trinajstić information content (AvgIpc) is 2.14. The third-order valence-electron chi connectivity index (χ3n) is 2.16. The summed E-state index contributed by atoms with van der Waals surface area (Å²) in [4.78, 5) is 0. The zero-order valence-corrected chi connectivity index (χ0v) is 9.23. The Morgan fingerprint density at radius 2 is 2.08 bits per heavy atom. The van der Waals surface area contributed by atoms with Gasteiger partial charge in [0.1, 0.15) is 5.76 Å². The first-order valence-electron chi connectivity index (χ1n) is 5.28. The molecule has 0 aromatic carbocycles. The number of allylic oxidation sites excluding steroid dienone is 1. The first-order valence-corrected chi connectivity index (χ1v) is 5.28. The monoisotopic (exact) mass is 182 g/mol. The van der Waals surface area contributed by atoms with Crippen LogP contribution in [-0.2, 0) is 4.74 Å². The Labute approximate surface area is 82.5 Å². The van der Waals surface area contributed by atoms with Crippen molar-refractivity contribution in [3.05, 3.63) is 18.1 Å². The normalized spacial score (nSPS) is 11.9. The zero-order chi connectivity index (χ0) is 10.1. The molecule has 0 bridgehead atoms. The van der Waals surface area contributed by atoms with Gasteiger partial charge in [-0.1, -0.05) is 45.4 Å². The highest BCUT2D eigenvalue weighted by atomic mass is 16.5. The van der Waals surface area contributed by atoms with Gasteiger partial charge < -0.3 is 4.74 Å². The van der Waals surface area contributed by atoms with Crippen molar-refractivity contribution in [3.63, 3.8) is 0 Å². The Hall–Kier alpha value is -0.680. The van der Waals surface area contributed by atoms with Gasteiger partial charge in [-0.15, -0.1) is 0 Å². The summed E-state index contributed by atoms with van der Waals surface area (Å²) in [5.41, 5.74) is 2.87. The van der Waals surface area contributed by atoms with Gasteiger partial charge in [-0.3, -0.25) is 0 Å². The molecule has 0 aromatic rings. The summed E-state index contributed by atoms with van der Waals surface area (Å²) < 4.78 is 5.43. The van der Waals surface area contributed by atoms with Gasteiger partial charge in [0.05, 0.1) is 6.61 Å². The fraction of sp³-hybridized carbons (Fsp3) is 0.750. The number of rotatable bonds is 7. The first kappa shape index (κ1) is 12.3. The fourth-order valence-corrected chi connectivity index (χ4v) is 1.35. The second-order valence-corrected chi connectivity index (χ2v) is 3.37. The third kappa shape index (κ3) is 5.54. The SMILES string of the molecule is C=C=C(OCC)C(C)CCCCC. The van der Waals surface area contributed by atoms with E-state index >= 15 is 0 Å². The van der Waals surface area contributed by atoms with Crippen LogP contribution in [0.25, 0.3) is 0 Å². The molecule has 0 heterocycles. The van der Waals surface area contributed by atoms with Gasteiger partial charge >= 0.3 is 0 Å². The highest BCUT2D eigenvalue weighted by Crippen LogP contribution is 2.17. The lowest BCUT2D eigenvalue weighted by Gasteiger charge is -2.13. The smallest absolute Gasteiger partial charge is 0.140 e. The highest BCUT2D eigenvalue weighted by Gasteiger charge is 2.07. The molecule has 76 valence electrons. The summed E-state index contributed by atoms with van der Waals surface area (Å²) in [7, 11) is 0. The van der Waals surface area contributed by atoms with Crippen LogP contribution in [0.3, 0.4) is 0 Å². The largest absolute Gasteiger partial charge is 0.490 e. The van der Waals surface area contributed by atoms with E-state index in [0.29, 0.717) is 5.92 Å². The molecule has 0 fully saturated rings. The minimum Gasteiger partial charge on any atom is -0.490 e. The van der Waals surface area contributed by atoms with Crippen LogP contribution in [0.5, 0.6) is 0 Å². The van der Waals surface area contributed by atoms with E-state index in [9.17, 15) is 0 Å². The van der Waals surface area contributed by atoms with Gasteiger partial charge in [-0.05, 0) is 13.3 Å². The Kier molecular flexibility index (Phi) is 7.53. The Bertz CT molecular complexity index is 166. The van der Waals surface area contributed by atoms with Crippen LogP contribution in [0, 0.1) is 5.92 Å². The van der Waals surface area contributed by atoms with Crippen molar-refractivity contribution >= 4 is 0 Å². The van der Waals surface area contributed by atoms with E-state index in [1.807, 2.05) is 6.92 Å². The molecule has 0 amide bonds. The van der Waals surface area contributed by atoms with Gasteiger partial charge in [0.2, 0.25) is 0 Å². The van der Waals surface area contributed by atoms with Crippen LogP contribution in [0.4, 0.5) is 0 Å². The molecule has 0 N–H and O–H groups in total. The molecule has 0 radical (unpaired) electrons. The molecule has 0 spiro atoms. The predicted octanol–water partition coefficient (Wildman–Crippen LogP) is 3.91. The van der Waals surface area contributed by atoms with Gasteiger partial charge in [0, 0.05) is 5.92 Å². The van der Waals surface area contributed by atoms with Crippen LogP contribution < -0.4 is 0 Å². The molecule has 0 aromatic heterocycles. The molecule has 0 saturated carbocycles. The predicted molar refractivity (Wildman–Crippen MR) is 57.6 cm³/mol. The van der Waals surface area contributed by atoms with Gasteiger partial charge in [0.15, 0.2) is 0 Å². The molecule has 0 aliphatic rings. The van der Waals surface area contributed by atoms with E-state index < -0.39 is 0 Å². The van der Waals surface area contributed by atoms with Crippen molar-refractivity contribution < 1.29 is 4.74 Å². The van der Waals surface area contributed by atoms with E-state index in [4.69, 9.17) is 4.74 Å². The maximum absolute atomic E-state index is 5.43. The molecular formula is C12H22O. The van der Waals surface area contributed by atoms with Gasteiger partial charge in [-0.25, -0.2) is 0 Å². The minimum absolute atomic E-state index is 0.476. The Morgan fingerprint density at radius 1 is 1.38 bits per heavy atom. The third-order valence-corrected chi connectivity index (χ3v) is 2.16. The topological polar surface area (TPSA) is 9.23 Å². The molecular weight excluding hydrogens is 160 g/mol. The average molecular weight is 182 g/mol. The summed E-state index contributed by atoms with van der Waals surface area (Å²) in [5, 5.41) is 0. The van der Waals surface area contributed by atoms with E-state index in [1.165, 1.54) is 25.7 Å². The van der Waals surface area contributed by atoms with Crippen LogP contribution in [0.2, 0.25) is 0 Å². The molecule has 1 nitrogen and oxygen atoms in total. The number of unbranched alkanes of at least 4 members (excludes halogenated alkanes) is 2. The van der Waals surface area contributed by atoms with Crippen molar-refractivity contribution in [1.82, 2.24) is 0 Å². The van der Waals surface area contributed by atoms with Crippen LogP contribution in [0.1, 0.15) is 46.5 Å². The van der Waals surface area contributed by atoms with Crippen molar-refractivity contribution in [1.29, 1.82) is 0 Å². The van der Waals surface area contributed by atoms with Crippen LogP contribution in [0.15, 0.2) is 18.1 Å². The highest BCUT2D eigenvalue weighted by molar-refractivity contribution is 4.93. The van der Waals surface area contributed by atoms with Gasteiger partial charge in [0.25, 0.3) is 0 Å². The number of hydrogen-bond donors (Lipinski definition) is 0. The van der Waals surface area contributed by atoms with E-state index in [2.05, 4.69) is 26.2 Å². The van der Waals surface area contributed by atoms with Crippen molar-refractivity contribution in [2.75, 3.05) is 6.61 Å². The van der Waals surface area contributed by atoms with Crippen molar-refractivity contribution in [2.24, 2.45) is 5.92 Å². The maximum atomic E-state index is 5.43. The molecule has 13 heavy (non-hydrogen) atoms. The minimum atomic E-state index is 0.476. The lowest BCUT2D eigenvalue weighted by Crippen LogP contribution is -2.02. The van der Waals surface area contributed by atoms with Crippen LogP contribution in [-0.4, -0.2) is 6.61 Å². The lowest BCUT2D eigenvalue weighted by molar-refractivity contribution is 0.192. The Morgan fingerprint density at radius 3 is 2.54 bits per heavy atom. The molecule has 0 rings (SSSR count).